The number of aliphatic carboxylic acids is 1. The van der Waals surface area contributed by atoms with Gasteiger partial charge >= 0.3 is 5.97 Å². The number of carboxylic acids is 1. The molecule has 1 heterocycles. The van der Waals surface area contributed by atoms with Gasteiger partial charge in [-0.1, -0.05) is 38.8 Å². The smallest absolute Gasteiger partial charge is 0.315 e. The van der Waals surface area contributed by atoms with Crippen molar-refractivity contribution in [3.63, 3.8) is 0 Å². The topological polar surface area (TPSA) is 76.1 Å². The molecule has 0 aromatic carbocycles. The van der Waals surface area contributed by atoms with E-state index in [0.29, 0.717) is 30.9 Å². The largest absolute Gasteiger partial charge is 0.481 e. The Morgan fingerprint density at radius 3 is 2.68 bits per heavy atom. The summed E-state index contributed by atoms with van der Waals surface area (Å²) < 4.78 is 12.7. The highest BCUT2D eigenvalue weighted by molar-refractivity contribution is 5.89. The van der Waals surface area contributed by atoms with Gasteiger partial charge in [0.2, 0.25) is 0 Å². The number of aldehydes is 1. The molecule has 34 heavy (non-hydrogen) atoms. The first-order valence-corrected chi connectivity index (χ1v) is 13.6. The van der Waals surface area contributed by atoms with Gasteiger partial charge in [-0.2, -0.15) is 0 Å². The fraction of sp³-hybridized carbons (Fsp3) is 0.857. The van der Waals surface area contributed by atoms with E-state index in [9.17, 15) is 14.7 Å². The normalized spacial score (nSPS) is 49.9. The Morgan fingerprint density at radius 2 is 2.03 bits per heavy atom. The van der Waals surface area contributed by atoms with Crippen LogP contribution in [0.25, 0.3) is 0 Å². The Morgan fingerprint density at radius 1 is 1.26 bits per heavy atom. The number of hydrogen-bond donors (Lipinski definition) is 1. The predicted octanol–water partition coefficient (Wildman–Crippen LogP) is 4.14. The minimum Gasteiger partial charge on any atom is -0.481 e. The summed E-state index contributed by atoms with van der Waals surface area (Å²) in [6, 6.07) is 0.666. The van der Waals surface area contributed by atoms with Crippen LogP contribution in [0.2, 0.25) is 0 Å². The zero-order valence-electron chi connectivity index (χ0n) is 21.2. The maximum atomic E-state index is 13.3. The van der Waals surface area contributed by atoms with Crippen molar-refractivity contribution in [2.24, 2.45) is 45.8 Å². The van der Waals surface area contributed by atoms with E-state index in [-0.39, 0.29) is 30.1 Å². The lowest BCUT2D eigenvalue weighted by Gasteiger charge is -2.53. The molecule has 4 bridgehead atoms. The van der Waals surface area contributed by atoms with E-state index >= 15 is 0 Å². The molecule has 0 unspecified atom stereocenters. The van der Waals surface area contributed by atoms with E-state index in [0.717, 1.165) is 44.2 Å². The molecular formula is C28H41NO5. The van der Waals surface area contributed by atoms with Crippen molar-refractivity contribution in [2.45, 2.75) is 84.7 Å². The second-order valence-corrected chi connectivity index (χ2v) is 12.9. The first-order chi connectivity index (χ1) is 16.2. The zero-order valence-corrected chi connectivity index (χ0v) is 21.2. The van der Waals surface area contributed by atoms with Gasteiger partial charge in [-0.05, 0) is 68.6 Å². The molecule has 1 aliphatic heterocycles. The van der Waals surface area contributed by atoms with Gasteiger partial charge in [-0.3, -0.25) is 9.69 Å². The lowest BCUT2D eigenvalue weighted by Crippen LogP contribution is -2.58. The highest BCUT2D eigenvalue weighted by Crippen LogP contribution is 2.81. The number of nitrogens with zero attached hydrogens (tertiary/aromatic N) is 1. The summed E-state index contributed by atoms with van der Waals surface area (Å²) in [4.78, 5) is 28.9. The molecule has 0 aromatic heterocycles. The number of carbonyl (C=O) groups excluding carboxylic acids is 1. The average molecular weight is 472 g/mol. The molecule has 1 N–H and O–H groups in total. The molecule has 4 saturated carbocycles. The van der Waals surface area contributed by atoms with Crippen LogP contribution in [-0.2, 0) is 19.1 Å². The Bertz CT molecular complexity index is 912. The van der Waals surface area contributed by atoms with Gasteiger partial charge in [0.25, 0.3) is 0 Å². The Balaban J connectivity index is 1.37. The molecule has 5 fully saturated rings. The zero-order chi connectivity index (χ0) is 24.0. The molecule has 0 amide bonds. The van der Waals surface area contributed by atoms with Gasteiger partial charge in [0, 0.05) is 24.5 Å². The number of morpholine rings is 1. The van der Waals surface area contributed by atoms with Crippen LogP contribution in [0.4, 0.5) is 0 Å². The summed E-state index contributed by atoms with van der Waals surface area (Å²) in [7, 11) is 0. The fourth-order valence-electron chi connectivity index (χ4n) is 9.55. The minimum absolute atomic E-state index is 0.0811. The van der Waals surface area contributed by atoms with Crippen LogP contribution in [-0.4, -0.2) is 60.4 Å². The summed E-state index contributed by atoms with van der Waals surface area (Å²) in [5, 5.41) is 10.9. The van der Waals surface area contributed by atoms with Gasteiger partial charge in [-0.15, -0.1) is 0 Å². The maximum Gasteiger partial charge on any atom is 0.315 e. The first-order valence-electron chi connectivity index (χ1n) is 13.6. The third-order valence-electron chi connectivity index (χ3n) is 10.9. The number of rotatable bonds is 7. The van der Waals surface area contributed by atoms with E-state index in [1.54, 1.807) is 0 Å². The molecule has 0 radical (unpaired) electrons. The van der Waals surface area contributed by atoms with E-state index in [4.69, 9.17) is 9.47 Å². The van der Waals surface area contributed by atoms with Gasteiger partial charge in [0.15, 0.2) is 6.29 Å². The summed E-state index contributed by atoms with van der Waals surface area (Å²) in [6.45, 7) is 10.8. The van der Waals surface area contributed by atoms with E-state index < -0.39 is 22.2 Å². The highest BCUT2D eigenvalue weighted by atomic mass is 16.7. The lowest BCUT2D eigenvalue weighted by atomic mass is 9.47. The van der Waals surface area contributed by atoms with E-state index in [1.165, 1.54) is 12.8 Å². The van der Waals surface area contributed by atoms with Crippen LogP contribution in [0.3, 0.4) is 0 Å². The monoisotopic (exact) mass is 471 g/mol. The van der Waals surface area contributed by atoms with Crippen LogP contribution in [0, 0.1) is 45.8 Å². The Hall–Kier alpha value is -1.24. The molecule has 6 aliphatic rings. The fourth-order valence-corrected chi connectivity index (χ4v) is 9.55. The maximum absolute atomic E-state index is 13.3. The van der Waals surface area contributed by atoms with Crippen molar-refractivity contribution in [3.05, 3.63) is 11.6 Å². The molecule has 1 saturated heterocycles. The van der Waals surface area contributed by atoms with Crippen LogP contribution < -0.4 is 0 Å². The van der Waals surface area contributed by atoms with Crippen LogP contribution in [0.1, 0.15) is 66.2 Å². The molecule has 6 heteroatoms. The molecule has 0 aromatic rings. The SMILES string of the molecule is CC(C)C1=C[C@@]2(CO[C@H]3CN(C4CC4)C[C@@H](C)O3)C[C@@]3(C=O)[C@@H]4CC[C@@H](C)[C@H]4C[C@H]2[C@]13C(=O)O. The quantitative estimate of drug-likeness (QED) is 0.444. The van der Waals surface area contributed by atoms with E-state index in [2.05, 4.69) is 38.7 Å². The molecule has 6 rings (SSSR count). The lowest BCUT2D eigenvalue weighted by molar-refractivity contribution is -0.218. The first kappa shape index (κ1) is 23.2. The van der Waals surface area contributed by atoms with Gasteiger partial charge in [-0.25, -0.2) is 0 Å². The van der Waals surface area contributed by atoms with Crippen molar-refractivity contribution >= 4 is 12.3 Å². The third kappa shape index (κ3) is 2.85. The van der Waals surface area contributed by atoms with Crippen molar-refractivity contribution in [1.29, 1.82) is 0 Å². The van der Waals surface area contributed by atoms with Gasteiger partial charge < -0.3 is 19.4 Å². The Kier molecular flexibility index (Phi) is 5.20. The molecule has 5 aliphatic carbocycles. The summed E-state index contributed by atoms with van der Waals surface area (Å²) in [6.07, 6.45) is 9.27. The van der Waals surface area contributed by atoms with Crippen LogP contribution >= 0.6 is 0 Å². The number of hydrogen-bond acceptors (Lipinski definition) is 5. The van der Waals surface area contributed by atoms with E-state index in [1.807, 2.05) is 0 Å². The molecule has 0 spiro atoms. The van der Waals surface area contributed by atoms with Crippen molar-refractivity contribution in [2.75, 3.05) is 19.7 Å². The molecular weight excluding hydrogens is 430 g/mol. The van der Waals surface area contributed by atoms with Crippen molar-refractivity contribution in [3.8, 4) is 0 Å². The third-order valence-corrected chi connectivity index (χ3v) is 10.9. The molecule has 9 atom stereocenters. The number of carboxylic acid groups (broad SMARTS) is 1. The predicted molar refractivity (Wildman–Crippen MR) is 127 cm³/mol. The van der Waals surface area contributed by atoms with Crippen molar-refractivity contribution < 1.29 is 24.2 Å². The summed E-state index contributed by atoms with van der Waals surface area (Å²) in [5.74, 6) is 0.359. The van der Waals surface area contributed by atoms with Crippen molar-refractivity contribution in [1.82, 2.24) is 4.90 Å². The molecule has 188 valence electrons. The van der Waals surface area contributed by atoms with Gasteiger partial charge in [0.05, 0.1) is 18.1 Å². The Labute approximate surface area is 203 Å². The highest BCUT2D eigenvalue weighted by Gasteiger charge is 2.82. The van der Waals surface area contributed by atoms with Crippen LogP contribution in [0.5, 0.6) is 0 Å². The van der Waals surface area contributed by atoms with Crippen LogP contribution in [0.15, 0.2) is 11.6 Å². The summed E-state index contributed by atoms with van der Waals surface area (Å²) in [5.41, 5.74) is -1.34. The second-order valence-electron chi connectivity index (χ2n) is 12.9. The summed E-state index contributed by atoms with van der Waals surface area (Å²) >= 11 is 0. The number of carbonyl (C=O) groups is 2. The minimum atomic E-state index is -1.09. The second kappa shape index (κ2) is 7.63. The molecule has 6 nitrogen and oxygen atoms in total. The number of ether oxygens (including phenoxy) is 2. The van der Waals surface area contributed by atoms with Gasteiger partial charge in [0.1, 0.15) is 11.7 Å². The average Bonchev–Trinajstić information content (AvgIpc) is 3.49. The standard InChI is InChI=1S/C28H41NO5/c1-16(2)22-10-26(15-33-24-12-29(19-6-7-19)11-18(4)34-24)13-27(14-30)21-8-5-17(3)20(21)9-23(26)28(22,27)25(31)32/h10,14,16-21,23-24H,5-9,11-13,15H2,1-4H3,(H,31,32)/t17-,18-,20-,21-,23-,24-,26+,27-,28+/m1/s1. The number of fused-ring (bicyclic) bond motifs is 2.